The first kappa shape index (κ1) is 28.6. The number of ether oxygens (including phenoxy) is 2. The molecule has 198 valence electrons. The molecule has 10 heteroatoms. The van der Waals surface area contributed by atoms with Crippen LogP contribution < -0.4 is 25.5 Å². The number of benzene rings is 3. The number of hydrazone groups is 1. The number of hydrogen-bond acceptors (Lipinski definition) is 6. The van der Waals surface area contributed by atoms with Crippen LogP contribution in [0, 0.1) is 31.3 Å². The van der Waals surface area contributed by atoms with Crippen molar-refractivity contribution < 1.29 is 23.9 Å². The van der Waals surface area contributed by atoms with E-state index in [1.54, 1.807) is 12.1 Å². The number of halogens is 1. The van der Waals surface area contributed by atoms with Gasteiger partial charge < -0.3 is 20.1 Å². The number of aryl methyl sites for hydroxylation is 3. The van der Waals surface area contributed by atoms with Gasteiger partial charge in [-0.05, 0) is 96.3 Å². The van der Waals surface area contributed by atoms with E-state index in [0.717, 1.165) is 27.9 Å². The number of nitrogens with zero attached hydrogens (tertiary/aromatic N) is 1. The normalized spacial score (nSPS) is 10.7. The molecule has 3 aromatic rings. The summed E-state index contributed by atoms with van der Waals surface area (Å²) in [5.74, 6) is -1.24. The Morgan fingerprint density at radius 2 is 1.58 bits per heavy atom. The molecule has 0 aliphatic carbocycles. The van der Waals surface area contributed by atoms with Gasteiger partial charge in [0.2, 0.25) is 0 Å². The molecule has 9 nitrogen and oxygen atoms in total. The first-order chi connectivity index (χ1) is 18.1. The Balaban J connectivity index is 1.61. The van der Waals surface area contributed by atoms with Crippen molar-refractivity contribution in [1.29, 1.82) is 0 Å². The average molecular weight is 628 g/mol. The molecule has 0 saturated heterocycles. The van der Waals surface area contributed by atoms with Gasteiger partial charge in [0.15, 0.2) is 18.1 Å². The van der Waals surface area contributed by atoms with E-state index in [2.05, 4.69) is 43.8 Å². The van der Waals surface area contributed by atoms with Crippen molar-refractivity contribution in [2.24, 2.45) is 5.10 Å². The molecule has 3 N–H and O–H groups in total. The molecule has 0 aliphatic heterocycles. The predicted octanol–water partition coefficient (Wildman–Crippen LogP) is 4.64. The molecule has 0 aliphatic rings. The van der Waals surface area contributed by atoms with E-state index >= 15 is 0 Å². The number of hydrogen-bond donors (Lipinski definition) is 3. The van der Waals surface area contributed by atoms with Crippen LogP contribution in [0.5, 0.6) is 11.5 Å². The zero-order valence-electron chi connectivity index (χ0n) is 21.8. The molecule has 0 atom stereocenters. The lowest BCUT2D eigenvalue weighted by Gasteiger charge is -2.14. The summed E-state index contributed by atoms with van der Waals surface area (Å²) in [4.78, 5) is 36.9. The smallest absolute Gasteiger partial charge is 0.329 e. The second-order valence-corrected chi connectivity index (χ2v) is 9.70. The Morgan fingerprint density at radius 3 is 2.26 bits per heavy atom. The van der Waals surface area contributed by atoms with E-state index in [-0.39, 0.29) is 12.5 Å². The van der Waals surface area contributed by atoms with E-state index in [9.17, 15) is 14.4 Å². The van der Waals surface area contributed by atoms with Crippen molar-refractivity contribution in [2.75, 3.05) is 24.4 Å². The SMILES string of the molecule is COc1cc(/C=N\NC(=O)C(=O)Nc2c(C)cccc2C)cc(I)c1OCC(=O)Nc1cccc(C)c1C. The maximum Gasteiger partial charge on any atom is 0.329 e. The predicted molar refractivity (Wildman–Crippen MR) is 156 cm³/mol. The number of nitrogens with one attached hydrogen (secondary N) is 3. The molecule has 0 spiro atoms. The third-order valence-corrected chi connectivity index (χ3v) is 6.58. The van der Waals surface area contributed by atoms with E-state index < -0.39 is 11.8 Å². The molecule has 0 aromatic heterocycles. The van der Waals surface area contributed by atoms with Gasteiger partial charge in [-0.15, -0.1) is 0 Å². The van der Waals surface area contributed by atoms with Gasteiger partial charge in [-0.1, -0.05) is 30.3 Å². The maximum absolute atomic E-state index is 12.5. The molecular weight excluding hydrogens is 599 g/mol. The second kappa shape index (κ2) is 13.0. The minimum absolute atomic E-state index is 0.210. The summed E-state index contributed by atoms with van der Waals surface area (Å²) in [6.45, 7) is 7.40. The fraction of sp³-hybridized carbons (Fsp3) is 0.214. The van der Waals surface area contributed by atoms with Crippen LogP contribution in [0.2, 0.25) is 0 Å². The zero-order chi connectivity index (χ0) is 27.8. The standard InChI is InChI=1S/C28H29IN4O5/c1-16-8-7-11-22(19(16)4)31-24(34)15-38-26-21(29)12-20(13-23(26)37-5)14-30-33-28(36)27(35)32-25-17(2)9-6-10-18(25)3/h6-14H,15H2,1-5H3,(H,31,34)(H,32,35)(H,33,36)/b30-14-. The van der Waals surface area contributed by atoms with Crippen molar-refractivity contribution >= 4 is 57.9 Å². The Kier molecular flexibility index (Phi) is 9.83. The van der Waals surface area contributed by atoms with Gasteiger partial charge in [0, 0.05) is 11.4 Å². The number of rotatable bonds is 8. The molecular formula is C28H29IN4O5. The summed E-state index contributed by atoms with van der Waals surface area (Å²) in [6.07, 6.45) is 1.38. The van der Waals surface area contributed by atoms with Gasteiger partial charge in [-0.25, -0.2) is 5.43 Å². The highest BCUT2D eigenvalue weighted by Gasteiger charge is 2.16. The van der Waals surface area contributed by atoms with Gasteiger partial charge in [0.25, 0.3) is 5.91 Å². The van der Waals surface area contributed by atoms with Crippen LogP contribution in [-0.2, 0) is 14.4 Å². The largest absolute Gasteiger partial charge is 0.493 e. The van der Waals surface area contributed by atoms with Crippen LogP contribution in [0.25, 0.3) is 0 Å². The van der Waals surface area contributed by atoms with Gasteiger partial charge in [-0.3, -0.25) is 14.4 Å². The molecule has 3 rings (SSSR count). The summed E-state index contributed by atoms with van der Waals surface area (Å²) >= 11 is 2.06. The van der Waals surface area contributed by atoms with Crippen LogP contribution in [0.3, 0.4) is 0 Å². The van der Waals surface area contributed by atoms with Crippen molar-refractivity contribution in [2.45, 2.75) is 27.7 Å². The lowest BCUT2D eigenvalue weighted by Crippen LogP contribution is -2.32. The quantitative estimate of drug-likeness (QED) is 0.146. The molecule has 0 fully saturated rings. The Morgan fingerprint density at radius 1 is 0.921 bits per heavy atom. The van der Waals surface area contributed by atoms with E-state index in [1.165, 1.54) is 13.3 Å². The number of carbonyl (C=O) groups excluding carboxylic acids is 3. The Bertz CT molecular complexity index is 1380. The highest BCUT2D eigenvalue weighted by molar-refractivity contribution is 14.1. The van der Waals surface area contributed by atoms with E-state index in [0.29, 0.717) is 26.3 Å². The number of amides is 3. The van der Waals surface area contributed by atoms with E-state index in [4.69, 9.17) is 9.47 Å². The maximum atomic E-state index is 12.5. The zero-order valence-corrected chi connectivity index (χ0v) is 23.9. The van der Waals surface area contributed by atoms with Crippen LogP contribution in [0.15, 0.2) is 53.6 Å². The minimum atomic E-state index is -0.902. The van der Waals surface area contributed by atoms with Gasteiger partial charge in [0.1, 0.15) is 0 Å². The lowest BCUT2D eigenvalue weighted by atomic mass is 10.1. The number of para-hydroxylation sites is 1. The summed E-state index contributed by atoms with van der Waals surface area (Å²) in [5.41, 5.74) is 7.91. The fourth-order valence-corrected chi connectivity index (χ4v) is 4.34. The van der Waals surface area contributed by atoms with Gasteiger partial charge in [0.05, 0.1) is 16.9 Å². The van der Waals surface area contributed by atoms with Crippen LogP contribution in [0.1, 0.15) is 27.8 Å². The summed E-state index contributed by atoms with van der Waals surface area (Å²) < 4.78 is 11.9. The molecule has 0 saturated carbocycles. The van der Waals surface area contributed by atoms with Crippen LogP contribution in [0.4, 0.5) is 11.4 Å². The Hall–Kier alpha value is -3.93. The molecule has 38 heavy (non-hydrogen) atoms. The van der Waals surface area contributed by atoms with Crippen LogP contribution in [-0.4, -0.2) is 37.7 Å². The van der Waals surface area contributed by atoms with Gasteiger partial charge in [-0.2, -0.15) is 5.10 Å². The molecule has 0 radical (unpaired) electrons. The highest BCUT2D eigenvalue weighted by atomic mass is 127. The van der Waals surface area contributed by atoms with Gasteiger partial charge >= 0.3 is 11.8 Å². The molecule has 3 amide bonds. The molecule has 0 heterocycles. The number of carbonyl (C=O) groups is 3. The van der Waals surface area contributed by atoms with Crippen molar-refractivity contribution in [3.63, 3.8) is 0 Å². The molecule has 0 unspecified atom stereocenters. The third-order valence-electron chi connectivity index (χ3n) is 5.78. The third kappa shape index (κ3) is 7.31. The topological polar surface area (TPSA) is 118 Å². The average Bonchev–Trinajstić information content (AvgIpc) is 2.87. The monoisotopic (exact) mass is 628 g/mol. The summed E-state index contributed by atoms with van der Waals surface area (Å²) in [5, 5.41) is 9.35. The minimum Gasteiger partial charge on any atom is -0.493 e. The van der Waals surface area contributed by atoms with Crippen LogP contribution >= 0.6 is 22.6 Å². The van der Waals surface area contributed by atoms with Crippen molar-refractivity contribution in [1.82, 2.24) is 5.43 Å². The number of anilines is 2. The van der Waals surface area contributed by atoms with Crippen molar-refractivity contribution in [3.8, 4) is 11.5 Å². The first-order valence-electron chi connectivity index (χ1n) is 11.7. The summed E-state index contributed by atoms with van der Waals surface area (Å²) in [6, 6.07) is 14.6. The Labute approximate surface area is 235 Å². The van der Waals surface area contributed by atoms with Crippen molar-refractivity contribution in [3.05, 3.63) is 79.9 Å². The van der Waals surface area contributed by atoms with E-state index in [1.807, 2.05) is 64.1 Å². The summed E-state index contributed by atoms with van der Waals surface area (Å²) in [7, 11) is 1.48. The highest BCUT2D eigenvalue weighted by Crippen LogP contribution is 2.33. The first-order valence-corrected chi connectivity index (χ1v) is 12.8. The molecule has 3 aromatic carbocycles. The molecule has 0 bridgehead atoms. The number of methoxy groups -OCH3 is 1. The second-order valence-electron chi connectivity index (χ2n) is 8.54. The lowest BCUT2D eigenvalue weighted by molar-refractivity contribution is -0.136. The fourth-order valence-electron chi connectivity index (χ4n) is 3.56.